The molecule has 0 aromatic heterocycles. The quantitative estimate of drug-likeness (QED) is 0.719. The van der Waals surface area contributed by atoms with Crippen molar-refractivity contribution in [3.8, 4) is 5.75 Å². The molecule has 0 spiro atoms. The van der Waals surface area contributed by atoms with Gasteiger partial charge >= 0.3 is 0 Å². The smallest absolute Gasteiger partial charge is 0.119 e. The van der Waals surface area contributed by atoms with E-state index in [1.807, 2.05) is 12.1 Å². The van der Waals surface area contributed by atoms with Crippen LogP contribution in [-0.4, -0.2) is 28.9 Å². The van der Waals surface area contributed by atoms with Gasteiger partial charge < -0.3 is 15.5 Å². The molecule has 1 aromatic carbocycles. The molecule has 16 heavy (non-hydrogen) atoms. The summed E-state index contributed by atoms with van der Waals surface area (Å²) in [5.74, 6) is 0.354. The van der Waals surface area contributed by atoms with Crippen molar-refractivity contribution in [1.29, 1.82) is 0 Å². The number of aliphatic hydroxyl groups excluding tert-OH is 1. The molecule has 2 atom stereocenters. The van der Waals surface area contributed by atoms with E-state index in [-0.39, 0.29) is 12.1 Å². The van der Waals surface area contributed by atoms with Gasteiger partial charge in [0, 0.05) is 12.5 Å². The lowest BCUT2D eigenvalue weighted by molar-refractivity contribution is 0.119. The third kappa shape index (κ3) is 2.20. The summed E-state index contributed by atoms with van der Waals surface area (Å²) in [6, 6.07) is 5.60. The second-order valence-corrected chi connectivity index (χ2v) is 4.45. The highest BCUT2D eigenvalue weighted by atomic mass is 16.3. The monoisotopic (exact) mass is 221 g/mol. The van der Waals surface area contributed by atoms with E-state index in [0.717, 1.165) is 24.1 Å². The second kappa shape index (κ2) is 4.85. The molecule has 0 radical (unpaired) electrons. The number of fused-ring (bicyclic) bond motifs is 1. The summed E-state index contributed by atoms with van der Waals surface area (Å²) >= 11 is 0. The average molecular weight is 221 g/mol. The Labute approximate surface area is 96.1 Å². The van der Waals surface area contributed by atoms with Gasteiger partial charge in [-0.3, -0.25) is 0 Å². The predicted molar refractivity (Wildman–Crippen MR) is 63.6 cm³/mol. The summed E-state index contributed by atoms with van der Waals surface area (Å²) in [6.07, 6.45) is 2.05. The number of aromatic hydroxyl groups is 1. The highest BCUT2D eigenvalue weighted by Crippen LogP contribution is 2.28. The van der Waals surface area contributed by atoms with Gasteiger partial charge in [0.15, 0.2) is 0 Å². The number of phenolic OH excluding ortho intramolecular Hbond substituents is 1. The highest BCUT2D eigenvalue weighted by Gasteiger charge is 2.27. The van der Waals surface area contributed by atoms with Gasteiger partial charge in [0.05, 0.1) is 6.10 Å². The van der Waals surface area contributed by atoms with E-state index in [4.69, 9.17) is 0 Å². The second-order valence-electron chi connectivity index (χ2n) is 4.45. The average Bonchev–Trinajstić information content (AvgIpc) is 2.27. The van der Waals surface area contributed by atoms with Crippen LogP contribution >= 0.6 is 0 Å². The maximum Gasteiger partial charge on any atom is 0.119 e. The fourth-order valence-electron chi connectivity index (χ4n) is 2.31. The van der Waals surface area contributed by atoms with Crippen molar-refractivity contribution in [2.24, 2.45) is 0 Å². The normalized spacial score (nSPS) is 24.1. The Balaban J connectivity index is 2.16. The van der Waals surface area contributed by atoms with Crippen LogP contribution in [0.2, 0.25) is 0 Å². The Morgan fingerprint density at radius 3 is 2.94 bits per heavy atom. The van der Waals surface area contributed by atoms with Gasteiger partial charge in [0.25, 0.3) is 0 Å². The fourth-order valence-corrected chi connectivity index (χ4v) is 2.31. The van der Waals surface area contributed by atoms with Crippen molar-refractivity contribution in [3.63, 3.8) is 0 Å². The van der Waals surface area contributed by atoms with Gasteiger partial charge in [-0.25, -0.2) is 0 Å². The molecule has 1 aliphatic carbocycles. The van der Waals surface area contributed by atoms with Crippen molar-refractivity contribution in [2.75, 3.05) is 6.54 Å². The van der Waals surface area contributed by atoms with E-state index in [1.165, 1.54) is 0 Å². The number of aliphatic hydroxyl groups is 1. The molecule has 0 heterocycles. The van der Waals surface area contributed by atoms with Crippen LogP contribution in [0.4, 0.5) is 0 Å². The third-order valence-corrected chi connectivity index (χ3v) is 3.22. The summed E-state index contributed by atoms with van der Waals surface area (Å²) in [7, 11) is 0. The third-order valence-electron chi connectivity index (χ3n) is 3.22. The lowest BCUT2D eigenvalue weighted by Crippen LogP contribution is -2.45. The molecule has 0 unspecified atom stereocenters. The van der Waals surface area contributed by atoms with Gasteiger partial charge in [0.2, 0.25) is 0 Å². The van der Waals surface area contributed by atoms with E-state index in [2.05, 4.69) is 12.2 Å². The van der Waals surface area contributed by atoms with Crippen LogP contribution in [0, 0.1) is 0 Å². The molecule has 3 nitrogen and oxygen atoms in total. The summed E-state index contributed by atoms with van der Waals surface area (Å²) in [5.41, 5.74) is 2.06. The minimum atomic E-state index is -0.346. The molecule has 3 heteroatoms. The highest BCUT2D eigenvalue weighted by molar-refractivity contribution is 5.42. The van der Waals surface area contributed by atoms with Crippen LogP contribution in [0.15, 0.2) is 18.2 Å². The largest absolute Gasteiger partial charge is 0.508 e. The van der Waals surface area contributed by atoms with Gasteiger partial charge in [-0.15, -0.1) is 0 Å². The van der Waals surface area contributed by atoms with Crippen molar-refractivity contribution in [2.45, 2.75) is 38.3 Å². The van der Waals surface area contributed by atoms with Crippen molar-refractivity contribution < 1.29 is 10.2 Å². The van der Waals surface area contributed by atoms with Crippen molar-refractivity contribution in [1.82, 2.24) is 5.32 Å². The molecule has 0 aliphatic heterocycles. The maximum atomic E-state index is 9.99. The van der Waals surface area contributed by atoms with E-state index < -0.39 is 0 Å². The van der Waals surface area contributed by atoms with Crippen LogP contribution in [0.1, 0.15) is 24.5 Å². The first-order chi connectivity index (χ1) is 7.72. The molecule has 0 amide bonds. The molecule has 1 aliphatic rings. The summed E-state index contributed by atoms with van der Waals surface area (Å²) in [6.45, 7) is 3.01. The SMILES string of the molecule is CCCN[C@H]1Cc2c(O)cccc2C[C@@H]1O. The molecule has 0 bridgehead atoms. The van der Waals surface area contributed by atoms with Gasteiger partial charge in [0.1, 0.15) is 5.75 Å². The van der Waals surface area contributed by atoms with Gasteiger partial charge in [-0.2, -0.15) is 0 Å². The standard InChI is InChI=1S/C13H19NO2/c1-2-6-14-11-8-10-9(7-13(11)16)4-3-5-12(10)15/h3-5,11,13-16H,2,6-8H2,1H3/t11-,13-/m0/s1. The van der Waals surface area contributed by atoms with Crippen LogP contribution in [0.5, 0.6) is 5.75 Å². The Hall–Kier alpha value is -1.06. The zero-order valence-corrected chi connectivity index (χ0v) is 9.61. The topological polar surface area (TPSA) is 52.5 Å². The van der Waals surface area contributed by atoms with Crippen LogP contribution < -0.4 is 5.32 Å². The molecule has 88 valence electrons. The van der Waals surface area contributed by atoms with Crippen molar-refractivity contribution in [3.05, 3.63) is 29.3 Å². The molecule has 2 rings (SSSR count). The first-order valence-electron chi connectivity index (χ1n) is 5.93. The van der Waals surface area contributed by atoms with Crippen molar-refractivity contribution >= 4 is 0 Å². The Morgan fingerprint density at radius 1 is 1.38 bits per heavy atom. The minimum absolute atomic E-state index is 0.0701. The Kier molecular flexibility index (Phi) is 3.46. The number of hydrogen-bond donors (Lipinski definition) is 3. The minimum Gasteiger partial charge on any atom is -0.508 e. The summed E-state index contributed by atoms with van der Waals surface area (Å²) in [5, 5.41) is 23.1. The summed E-state index contributed by atoms with van der Waals surface area (Å²) < 4.78 is 0. The number of phenols is 1. The van der Waals surface area contributed by atoms with Gasteiger partial charge in [-0.05, 0) is 36.6 Å². The number of benzene rings is 1. The Bertz CT molecular complexity index is 365. The van der Waals surface area contributed by atoms with Crippen LogP contribution in [0.25, 0.3) is 0 Å². The molecular weight excluding hydrogens is 202 g/mol. The van der Waals surface area contributed by atoms with E-state index >= 15 is 0 Å². The molecule has 0 saturated heterocycles. The summed E-state index contributed by atoms with van der Waals surface area (Å²) in [4.78, 5) is 0. The molecule has 0 saturated carbocycles. The lowest BCUT2D eigenvalue weighted by Gasteiger charge is -2.30. The number of nitrogens with one attached hydrogen (secondary N) is 1. The lowest BCUT2D eigenvalue weighted by atomic mass is 9.85. The number of rotatable bonds is 3. The van der Waals surface area contributed by atoms with E-state index in [9.17, 15) is 10.2 Å². The zero-order chi connectivity index (χ0) is 11.5. The van der Waals surface area contributed by atoms with E-state index in [1.54, 1.807) is 6.07 Å². The molecule has 1 aromatic rings. The van der Waals surface area contributed by atoms with Gasteiger partial charge in [-0.1, -0.05) is 19.1 Å². The van der Waals surface area contributed by atoms with Crippen LogP contribution in [-0.2, 0) is 12.8 Å². The zero-order valence-electron chi connectivity index (χ0n) is 9.61. The Morgan fingerprint density at radius 2 is 2.19 bits per heavy atom. The first-order valence-corrected chi connectivity index (χ1v) is 5.93. The predicted octanol–water partition coefficient (Wildman–Crippen LogP) is 1.22. The molecule has 0 fully saturated rings. The van der Waals surface area contributed by atoms with E-state index in [0.29, 0.717) is 18.6 Å². The van der Waals surface area contributed by atoms with Crippen LogP contribution in [0.3, 0.4) is 0 Å². The fraction of sp³-hybridized carbons (Fsp3) is 0.538. The number of hydrogen-bond acceptors (Lipinski definition) is 3. The molecule has 3 N–H and O–H groups in total. The molecular formula is C13H19NO2. The first kappa shape index (κ1) is 11.4. The maximum absolute atomic E-state index is 9.99.